The highest BCUT2D eigenvalue weighted by Crippen LogP contribution is 2.13. The summed E-state index contributed by atoms with van der Waals surface area (Å²) in [5, 5.41) is 2.93. The van der Waals surface area contributed by atoms with Crippen LogP contribution < -0.4 is 5.32 Å². The third kappa shape index (κ3) is 4.91. The van der Waals surface area contributed by atoms with Gasteiger partial charge in [-0.3, -0.25) is 19.3 Å². The molecule has 1 N–H and O–H groups in total. The third-order valence-electron chi connectivity index (χ3n) is 3.95. The van der Waals surface area contributed by atoms with Gasteiger partial charge in [0.05, 0.1) is 0 Å². The molecule has 5 nitrogen and oxygen atoms in total. The van der Waals surface area contributed by atoms with Crippen LogP contribution in [0.2, 0.25) is 0 Å². The summed E-state index contributed by atoms with van der Waals surface area (Å²) in [6, 6.07) is 6.37. The fourth-order valence-corrected chi connectivity index (χ4v) is 3.02. The first-order chi connectivity index (χ1) is 10.8. The number of amides is 3. The molecule has 1 heterocycles. The molecule has 0 saturated carbocycles. The van der Waals surface area contributed by atoms with Gasteiger partial charge >= 0.3 is 0 Å². The molecule has 3 amide bonds. The summed E-state index contributed by atoms with van der Waals surface area (Å²) < 4.78 is 0. The van der Waals surface area contributed by atoms with E-state index in [4.69, 9.17) is 0 Å². The van der Waals surface area contributed by atoms with Gasteiger partial charge in [0.15, 0.2) is 0 Å². The summed E-state index contributed by atoms with van der Waals surface area (Å²) in [6.45, 7) is 6.26. The number of aryl methyl sites for hydroxylation is 2. The van der Waals surface area contributed by atoms with E-state index in [1.54, 1.807) is 0 Å². The van der Waals surface area contributed by atoms with E-state index in [2.05, 4.69) is 37.4 Å². The highest BCUT2D eigenvalue weighted by molar-refractivity contribution is 6.02. The van der Waals surface area contributed by atoms with Gasteiger partial charge in [-0.15, -0.1) is 0 Å². The minimum atomic E-state index is -0.175. The predicted octanol–water partition coefficient (Wildman–Crippen LogP) is 1.89. The van der Waals surface area contributed by atoms with Crippen LogP contribution in [0.3, 0.4) is 0 Å². The summed E-state index contributed by atoms with van der Waals surface area (Å²) in [6.07, 6.45) is 1.46. The molecule has 1 saturated heterocycles. The van der Waals surface area contributed by atoms with E-state index in [-0.39, 0.29) is 49.6 Å². The van der Waals surface area contributed by atoms with Crippen molar-refractivity contribution in [2.45, 2.75) is 52.5 Å². The van der Waals surface area contributed by atoms with Crippen LogP contribution in [0.15, 0.2) is 18.2 Å². The lowest BCUT2D eigenvalue weighted by atomic mass is 10.0. The summed E-state index contributed by atoms with van der Waals surface area (Å²) in [5.74, 6) is -0.480. The number of rotatable bonds is 6. The van der Waals surface area contributed by atoms with Crippen molar-refractivity contribution in [1.29, 1.82) is 0 Å². The van der Waals surface area contributed by atoms with Gasteiger partial charge in [0, 0.05) is 31.8 Å². The molecule has 23 heavy (non-hydrogen) atoms. The Kier molecular flexibility index (Phi) is 5.53. The largest absolute Gasteiger partial charge is 0.353 e. The summed E-state index contributed by atoms with van der Waals surface area (Å²) in [7, 11) is 0. The highest BCUT2D eigenvalue weighted by atomic mass is 16.2. The molecule has 0 aromatic heterocycles. The van der Waals surface area contributed by atoms with Crippen molar-refractivity contribution < 1.29 is 14.4 Å². The number of nitrogens with one attached hydrogen (secondary N) is 1. The van der Waals surface area contributed by atoms with E-state index in [1.807, 2.05) is 6.92 Å². The first kappa shape index (κ1) is 17.2. The van der Waals surface area contributed by atoms with Gasteiger partial charge in [-0.25, -0.2) is 0 Å². The maximum absolute atomic E-state index is 12.0. The number of nitrogens with zero attached hydrogens (tertiary/aromatic N) is 1. The Morgan fingerprint density at radius 2 is 1.70 bits per heavy atom. The molecule has 0 radical (unpaired) electrons. The second-order valence-electron chi connectivity index (χ2n) is 6.36. The maximum atomic E-state index is 12.0. The molecule has 0 spiro atoms. The van der Waals surface area contributed by atoms with Crippen molar-refractivity contribution in [3.63, 3.8) is 0 Å². The molecule has 124 valence electrons. The zero-order valence-corrected chi connectivity index (χ0v) is 14.0. The zero-order chi connectivity index (χ0) is 17.0. The molecule has 0 aliphatic carbocycles. The molecule has 1 aliphatic heterocycles. The van der Waals surface area contributed by atoms with Crippen LogP contribution in [0.4, 0.5) is 0 Å². The zero-order valence-electron chi connectivity index (χ0n) is 14.0. The number of carbonyl (C=O) groups excluding carboxylic acids is 3. The van der Waals surface area contributed by atoms with E-state index in [9.17, 15) is 14.4 Å². The SMILES string of the molecule is Cc1cc(C)cc(C[C@@H](C)NC(=O)CCN2C(=O)CCC2=O)c1. The number of hydrogen-bond acceptors (Lipinski definition) is 3. The molecule has 2 rings (SSSR count). The average Bonchev–Trinajstić information content (AvgIpc) is 2.74. The molecule has 0 unspecified atom stereocenters. The normalized spacial score (nSPS) is 15.9. The molecule has 1 fully saturated rings. The van der Waals surface area contributed by atoms with Gasteiger partial charge in [0.2, 0.25) is 17.7 Å². The van der Waals surface area contributed by atoms with Gasteiger partial charge in [0.1, 0.15) is 0 Å². The Morgan fingerprint density at radius 1 is 1.13 bits per heavy atom. The number of likely N-dealkylation sites (tertiary alicyclic amines) is 1. The van der Waals surface area contributed by atoms with Gasteiger partial charge < -0.3 is 5.32 Å². The first-order valence-corrected chi connectivity index (χ1v) is 8.05. The van der Waals surface area contributed by atoms with Crippen molar-refractivity contribution in [2.24, 2.45) is 0 Å². The monoisotopic (exact) mass is 316 g/mol. The van der Waals surface area contributed by atoms with E-state index in [0.717, 1.165) is 6.42 Å². The van der Waals surface area contributed by atoms with Crippen LogP contribution in [-0.4, -0.2) is 35.2 Å². The Labute approximate surface area is 137 Å². The van der Waals surface area contributed by atoms with Crippen molar-refractivity contribution >= 4 is 17.7 Å². The fourth-order valence-electron chi connectivity index (χ4n) is 3.02. The van der Waals surface area contributed by atoms with E-state index >= 15 is 0 Å². The highest BCUT2D eigenvalue weighted by Gasteiger charge is 2.28. The second-order valence-corrected chi connectivity index (χ2v) is 6.36. The average molecular weight is 316 g/mol. The lowest BCUT2D eigenvalue weighted by Gasteiger charge is -2.17. The van der Waals surface area contributed by atoms with Crippen LogP contribution in [0.5, 0.6) is 0 Å². The molecular formula is C18H24N2O3. The number of hydrogen-bond donors (Lipinski definition) is 1. The van der Waals surface area contributed by atoms with Crippen LogP contribution >= 0.6 is 0 Å². The molecule has 0 bridgehead atoms. The lowest BCUT2D eigenvalue weighted by molar-refractivity contribution is -0.138. The Balaban J connectivity index is 1.80. The minimum absolute atomic E-state index is 0.00804. The minimum Gasteiger partial charge on any atom is -0.353 e. The van der Waals surface area contributed by atoms with Crippen LogP contribution in [0.1, 0.15) is 42.9 Å². The van der Waals surface area contributed by atoms with Gasteiger partial charge in [0.25, 0.3) is 0 Å². The lowest BCUT2D eigenvalue weighted by Crippen LogP contribution is -2.38. The van der Waals surface area contributed by atoms with E-state index in [1.165, 1.54) is 21.6 Å². The van der Waals surface area contributed by atoms with E-state index in [0.29, 0.717) is 0 Å². The van der Waals surface area contributed by atoms with Crippen molar-refractivity contribution in [3.8, 4) is 0 Å². The van der Waals surface area contributed by atoms with E-state index < -0.39 is 0 Å². The molecule has 1 atom stereocenters. The molecule has 1 aromatic carbocycles. The summed E-state index contributed by atoms with van der Waals surface area (Å²) in [4.78, 5) is 36.2. The predicted molar refractivity (Wildman–Crippen MR) is 87.8 cm³/mol. The van der Waals surface area contributed by atoms with Crippen molar-refractivity contribution in [2.75, 3.05) is 6.54 Å². The van der Waals surface area contributed by atoms with Crippen molar-refractivity contribution in [1.82, 2.24) is 10.2 Å². The van der Waals surface area contributed by atoms with Crippen molar-refractivity contribution in [3.05, 3.63) is 34.9 Å². The summed E-state index contributed by atoms with van der Waals surface area (Å²) in [5.41, 5.74) is 3.62. The Hall–Kier alpha value is -2.17. The topological polar surface area (TPSA) is 66.5 Å². The standard InChI is InChI=1S/C18H24N2O3/c1-12-8-13(2)10-15(9-12)11-14(3)19-16(21)6-7-20-17(22)4-5-18(20)23/h8-10,14H,4-7,11H2,1-3H3,(H,19,21)/t14-/m1/s1. The Morgan fingerprint density at radius 3 is 2.26 bits per heavy atom. The molecule has 1 aromatic rings. The quantitative estimate of drug-likeness (QED) is 0.815. The summed E-state index contributed by atoms with van der Waals surface area (Å²) >= 11 is 0. The van der Waals surface area contributed by atoms with Crippen LogP contribution in [0.25, 0.3) is 0 Å². The van der Waals surface area contributed by atoms with Gasteiger partial charge in [-0.05, 0) is 32.8 Å². The number of carbonyl (C=O) groups is 3. The first-order valence-electron chi connectivity index (χ1n) is 8.05. The van der Waals surface area contributed by atoms with Crippen LogP contribution in [0, 0.1) is 13.8 Å². The van der Waals surface area contributed by atoms with Gasteiger partial charge in [-0.2, -0.15) is 0 Å². The molecule has 5 heteroatoms. The molecule has 1 aliphatic rings. The Bertz CT molecular complexity index is 588. The number of benzene rings is 1. The number of imide groups is 1. The smallest absolute Gasteiger partial charge is 0.229 e. The second kappa shape index (κ2) is 7.40. The fraction of sp³-hybridized carbons (Fsp3) is 0.500. The molecular weight excluding hydrogens is 292 g/mol. The maximum Gasteiger partial charge on any atom is 0.229 e. The van der Waals surface area contributed by atoms with Crippen LogP contribution in [-0.2, 0) is 20.8 Å². The van der Waals surface area contributed by atoms with Gasteiger partial charge in [-0.1, -0.05) is 29.3 Å². The third-order valence-corrected chi connectivity index (χ3v) is 3.95.